The van der Waals surface area contributed by atoms with Crippen LogP contribution in [0.1, 0.15) is 19.2 Å². The molecule has 1 N–H and O–H groups in total. The Morgan fingerprint density at radius 1 is 1.31 bits per heavy atom. The number of nitrogens with one attached hydrogen (secondary N) is 1. The molecule has 132 valence electrons. The molecule has 26 heavy (non-hydrogen) atoms. The van der Waals surface area contributed by atoms with Crippen LogP contribution in [0.4, 0.5) is 5.69 Å². The summed E-state index contributed by atoms with van der Waals surface area (Å²) >= 11 is 1.55. The molecule has 0 atom stereocenters. The molecule has 3 heterocycles. The second-order valence-electron chi connectivity index (χ2n) is 5.91. The van der Waals surface area contributed by atoms with Crippen molar-refractivity contribution in [3.8, 4) is 10.7 Å². The smallest absolute Gasteiger partial charge is 0.227 e. The van der Waals surface area contributed by atoms with E-state index < -0.39 is 0 Å². The molecule has 4 rings (SSSR count). The highest BCUT2D eigenvalue weighted by molar-refractivity contribution is 7.13. The zero-order valence-electron chi connectivity index (χ0n) is 14.3. The second-order valence-corrected chi connectivity index (χ2v) is 6.86. The van der Waals surface area contributed by atoms with E-state index in [0.29, 0.717) is 24.6 Å². The number of fused-ring (bicyclic) bond motifs is 1. The number of anilines is 1. The van der Waals surface area contributed by atoms with Crippen LogP contribution in [0.5, 0.6) is 0 Å². The van der Waals surface area contributed by atoms with Crippen LogP contribution < -0.4 is 5.32 Å². The molecule has 0 fully saturated rings. The van der Waals surface area contributed by atoms with Gasteiger partial charge in [-0.2, -0.15) is 4.98 Å². The number of thiophene rings is 1. The van der Waals surface area contributed by atoms with Gasteiger partial charge < -0.3 is 14.4 Å². The fraction of sp³-hybridized carbons (Fsp3) is 0.211. The highest BCUT2D eigenvalue weighted by atomic mass is 32.1. The minimum absolute atomic E-state index is 0.0739. The summed E-state index contributed by atoms with van der Waals surface area (Å²) in [5.74, 6) is 0.968. The summed E-state index contributed by atoms with van der Waals surface area (Å²) in [6.07, 6.45) is 2.76. The largest absolute Gasteiger partial charge is 0.348 e. The number of carbonyl (C=O) groups excluding carboxylic acids is 1. The van der Waals surface area contributed by atoms with Crippen LogP contribution in [-0.2, 0) is 17.8 Å². The van der Waals surface area contributed by atoms with E-state index in [2.05, 4.69) is 39.2 Å². The van der Waals surface area contributed by atoms with Gasteiger partial charge in [0.2, 0.25) is 17.6 Å². The van der Waals surface area contributed by atoms with Crippen molar-refractivity contribution in [2.45, 2.75) is 26.3 Å². The normalized spacial score (nSPS) is 11.1. The van der Waals surface area contributed by atoms with Gasteiger partial charge in [-0.05, 0) is 42.6 Å². The Morgan fingerprint density at radius 3 is 3.04 bits per heavy atom. The van der Waals surface area contributed by atoms with Crippen LogP contribution >= 0.6 is 11.3 Å². The average molecular weight is 366 g/mol. The standard InChI is InChI=1S/C19H18N4O2S/c1-2-23-10-9-13-12-14(5-6-15(13)23)20-17(24)7-8-18-21-19(22-25-18)16-4-3-11-26-16/h3-6,9-12H,2,7-8H2,1H3,(H,20,24). The quantitative estimate of drug-likeness (QED) is 0.551. The van der Waals surface area contributed by atoms with E-state index >= 15 is 0 Å². The van der Waals surface area contributed by atoms with Crippen molar-refractivity contribution < 1.29 is 9.32 Å². The molecule has 0 saturated carbocycles. The number of aryl methyl sites for hydroxylation is 2. The first-order chi connectivity index (χ1) is 12.7. The number of hydrogen-bond acceptors (Lipinski definition) is 5. The summed E-state index contributed by atoms with van der Waals surface area (Å²) in [6.45, 7) is 3.03. The van der Waals surface area contributed by atoms with Crippen LogP contribution in [0.15, 0.2) is 52.5 Å². The predicted molar refractivity (Wildman–Crippen MR) is 102 cm³/mol. The molecule has 0 unspecified atom stereocenters. The maximum Gasteiger partial charge on any atom is 0.227 e. The van der Waals surface area contributed by atoms with E-state index in [1.54, 1.807) is 11.3 Å². The lowest BCUT2D eigenvalue weighted by molar-refractivity contribution is -0.116. The molecular weight excluding hydrogens is 348 g/mol. The molecule has 0 aliphatic carbocycles. The van der Waals surface area contributed by atoms with Gasteiger partial charge in [-0.25, -0.2) is 0 Å². The monoisotopic (exact) mass is 366 g/mol. The van der Waals surface area contributed by atoms with Crippen molar-refractivity contribution in [1.29, 1.82) is 0 Å². The van der Waals surface area contributed by atoms with Gasteiger partial charge in [-0.3, -0.25) is 4.79 Å². The number of aromatic nitrogens is 3. The number of rotatable bonds is 6. The highest BCUT2D eigenvalue weighted by Crippen LogP contribution is 2.22. The van der Waals surface area contributed by atoms with Gasteiger partial charge in [0.05, 0.1) is 4.88 Å². The van der Waals surface area contributed by atoms with Crippen LogP contribution in [0.3, 0.4) is 0 Å². The summed E-state index contributed by atoms with van der Waals surface area (Å²) in [5, 5.41) is 9.96. The van der Waals surface area contributed by atoms with Gasteiger partial charge in [-0.1, -0.05) is 11.2 Å². The van der Waals surface area contributed by atoms with E-state index in [1.807, 2.05) is 35.7 Å². The van der Waals surface area contributed by atoms with E-state index in [0.717, 1.165) is 28.0 Å². The molecular formula is C19H18N4O2S. The second kappa shape index (κ2) is 7.13. The number of benzene rings is 1. The third-order valence-electron chi connectivity index (χ3n) is 4.17. The summed E-state index contributed by atoms with van der Waals surface area (Å²) in [6, 6.07) is 11.9. The molecule has 0 aliphatic heterocycles. The Kier molecular flexibility index (Phi) is 4.53. The average Bonchev–Trinajstić information content (AvgIpc) is 3.38. The van der Waals surface area contributed by atoms with E-state index in [4.69, 9.17) is 4.52 Å². The SMILES string of the molecule is CCn1ccc2cc(NC(=O)CCc3nc(-c4cccs4)no3)ccc21. The Bertz CT molecular complexity index is 1030. The van der Waals surface area contributed by atoms with Crippen LogP contribution in [0, 0.1) is 0 Å². The summed E-state index contributed by atoms with van der Waals surface area (Å²) < 4.78 is 7.39. The first kappa shape index (κ1) is 16.5. The zero-order chi connectivity index (χ0) is 17.9. The number of hydrogen-bond donors (Lipinski definition) is 1. The third-order valence-corrected chi connectivity index (χ3v) is 5.04. The lowest BCUT2D eigenvalue weighted by atomic mass is 10.2. The van der Waals surface area contributed by atoms with Gasteiger partial charge in [-0.15, -0.1) is 11.3 Å². The first-order valence-electron chi connectivity index (χ1n) is 8.48. The van der Waals surface area contributed by atoms with Crippen molar-refractivity contribution in [3.05, 3.63) is 53.9 Å². The summed E-state index contributed by atoms with van der Waals surface area (Å²) in [4.78, 5) is 17.5. The van der Waals surface area contributed by atoms with Crippen LogP contribution in [0.25, 0.3) is 21.6 Å². The molecule has 0 spiro atoms. The van der Waals surface area contributed by atoms with Gasteiger partial charge in [0.1, 0.15) is 0 Å². The van der Waals surface area contributed by atoms with Crippen molar-refractivity contribution in [1.82, 2.24) is 14.7 Å². The molecule has 7 heteroatoms. The van der Waals surface area contributed by atoms with Gasteiger partial charge in [0.25, 0.3) is 0 Å². The maximum atomic E-state index is 12.2. The zero-order valence-corrected chi connectivity index (χ0v) is 15.1. The van der Waals surface area contributed by atoms with Crippen molar-refractivity contribution >= 4 is 33.8 Å². The lowest BCUT2D eigenvalue weighted by Gasteiger charge is -2.06. The molecule has 0 aliphatic rings. The molecule has 0 saturated heterocycles. The summed E-state index contributed by atoms with van der Waals surface area (Å²) in [7, 11) is 0. The number of nitrogens with zero attached hydrogens (tertiary/aromatic N) is 3. The van der Waals surface area contributed by atoms with Gasteiger partial charge >= 0.3 is 0 Å². The van der Waals surface area contributed by atoms with Gasteiger partial charge in [0, 0.05) is 42.2 Å². The molecule has 4 aromatic rings. The Hall–Kier alpha value is -2.93. The van der Waals surface area contributed by atoms with Crippen molar-refractivity contribution in [2.24, 2.45) is 0 Å². The fourth-order valence-electron chi connectivity index (χ4n) is 2.86. The fourth-order valence-corrected chi connectivity index (χ4v) is 3.51. The Labute approximate surface area is 154 Å². The van der Waals surface area contributed by atoms with E-state index in [-0.39, 0.29) is 5.91 Å². The molecule has 6 nitrogen and oxygen atoms in total. The maximum absolute atomic E-state index is 12.2. The predicted octanol–water partition coefficient (Wildman–Crippen LogP) is 4.34. The lowest BCUT2D eigenvalue weighted by Crippen LogP contribution is -2.12. The van der Waals surface area contributed by atoms with Crippen LogP contribution in [0.2, 0.25) is 0 Å². The minimum Gasteiger partial charge on any atom is -0.348 e. The van der Waals surface area contributed by atoms with E-state index in [9.17, 15) is 4.79 Å². The molecule has 1 aromatic carbocycles. The van der Waals surface area contributed by atoms with Crippen LogP contribution in [-0.4, -0.2) is 20.6 Å². The highest BCUT2D eigenvalue weighted by Gasteiger charge is 2.12. The molecule has 0 bridgehead atoms. The first-order valence-corrected chi connectivity index (χ1v) is 9.36. The Balaban J connectivity index is 1.37. The Morgan fingerprint density at radius 2 is 2.23 bits per heavy atom. The van der Waals surface area contributed by atoms with E-state index in [1.165, 1.54) is 0 Å². The minimum atomic E-state index is -0.0739. The molecule has 1 amide bonds. The summed E-state index contributed by atoms with van der Waals surface area (Å²) in [5.41, 5.74) is 1.96. The molecule has 3 aromatic heterocycles. The van der Waals surface area contributed by atoms with Crippen molar-refractivity contribution in [3.63, 3.8) is 0 Å². The van der Waals surface area contributed by atoms with Gasteiger partial charge in [0.15, 0.2) is 0 Å². The number of amides is 1. The van der Waals surface area contributed by atoms with Crippen molar-refractivity contribution in [2.75, 3.05) is 5.32 Å². The molecule has 0 radical (unpaired) electrons. The third kappa shape index (κ3) is 3.39. The topological polar surface area (TPSA) is 73.0 Å². The number of carbonyl (C=O) groups is 1.